The van der Waals surface area contributed by atoms with Crippen molar-refractivity contribution in [3.05, 3.63) is 34.3 Å². The van der Waals surface area contributed by atoms with E-state index >= 15 is 0 Å². The first-order chi connectivity index (χ1) is 9.97. The minimum atomic E-state index is -1.00. The molecule has 0 saturated heterocycles. The van der Waals surface area contributed by atoms with E-state index in [1.807, 2.05) is 36.9 Å². The number of halogens is 1. The van der Waals surface area contributed by atoms with Crippen molar-refractivity contribution in [2.24, 2.45) is 0 Å². The van der Waals surface area contributed by atoms with E-state index in [1.54, 1.807) is 0 Å². The van der Waals surface area contributed by atoms with Crippen molar-refractivity contribution in [1.82, 2.24) is 5.32 Å². The van der Waals surface area contributed by atoms with Gasteiger partial charge >= 0.3 is 5.97 Å². The van der Waals surface area contributed by atoms with Crippen LogP contribution in [0.4, 0.5) is 5.69 Å². The zero-order valence-corrected chi connectivity index (χ0v) is 13.7. The molecule has 1 rings (SSSR count). The van der Waals surface area contributed by atoms with Crippen molar-refractivity contribution in [3.63, 3.8) is 0 Å². The van der Waals surface area contributed by atoms with E-state index in [2.05, 4.69) is 21.2 Å². The molecule has 1 amide bonds. The molecule has 0 heterocycles. The maximum Gasteiger partial charge on any atom is 0.328 e. The third-order valence-electron chi connectivity index (χ3n) is 2.83. The van der Waals surface area contributed by atoms with Crippen molar-refractivity contribution in [3.8, 4) is 0 Å². The SMILES string of the molecule is CCNC(=O)CN(CC)c1cc(Br)ccc1C=CC(=O)O. The number of rotatable bonds is 7. The Bertz CT molecular complexity index is 544. The Morgan fingerprint density at radius 1 is 1.38 bits per heavy atom. The second kappa shape index (κ2) is 8.46. The number of anilines is 1. The van der Waals surface area contributed by atoms with E-state index in [4.69, 9.17) is 5.11 Å². The van der Waals surface area contributed by atoms with Crippen molar-refractivity contribution in [1.29, 1.82) is 0 Å². The molecule has 0 aromatic heterocycles. The maximum absolute atomic E-state index is 11.8. The zero-order chi connectivity index (χ0) is 15.8. The van der Waals surface area contributed by atoms with Crippen LogP contribution in [0.2, 0.25) is 0 Å². The highest BCUT2D eigenvalue weighted by molar-refractivity contribution is 9.10. The molecule has 114 valence electrons. The number of likely N-dealkylation sites (N-methyl/N-ethyl adjacent to an activating group) is 2. The molecule has 21 heavy (non-hydrogen) atoms. The molecule has 0 aliphatic carbocycles. The lowest BCUT2D eigenvalue weighted by atomic mass is 10.1. The summed E-state index contributed by atoms with van der Waals surface area (Å²) in [5, 5.41) is 11.5. The molecule has 0 atom stereocenters. The lowest BCUT2D eigenvalue weighted by molar-refractivity contribution is -0.131. The van der Waals surface area contributed by atoms with Crippen LogP contribution in [-0.2, 0) is 9.59 Å². The van der Waals surface area contributed by atoms with Gasteiger partial charge in [-0.25, -0.2) is 4.79 Å². The Morgan fingerprint density at radius 2 is 2.10 bits per heavy atom. The van der Waals surface area contributed by atoms with E-state index in [1.165, 1.54) is 6.08 Å². The molecule has 1 aromatic rings. The minimum absolute atomic E-state index is 0.0625. The molecule has 0 saturated carbocycles. The number of carboxylic acid groups (broad SMARTS) is 1. The predicted octanol–water partition coefficient (Wildman–Crippen LogP) is 2.51. The lowest BCUT2D eigenvalue weighted by Crippen LogP contribution is -2.37. The number of aliphatic carboxylic acids is 1. The van der Waals surface area contributed by atoms with Gasteiger partial charge < -0.3 is 15.3 Å². The van der Waals surface area contributed by atoms with Crippen LogP contribution in [-0.4, -0.2) is 36.6 Å². The van der Waals surface area contributed by atoms with Gasteiger partial charge in [-0.05, 0) is 37.6 Å². The van der Waals surface area contributed by atoms with Crippen LogP contribution in [0.1, 0.15) is 19.4 Å². The fraction of sp³-hybridized carbons (Fsp3) is 0.333. The summed E-state index contributed by atoms with van der Waals surface area (Å²) in [5.41, 5.74) is 1.57. The summed E-state index contributed by atoms with van der Waals surface area (Å²) in [5.74, 6) is -1.07. The van der Waals surface area contributed by atoms with E-state index < -0.39 is 5.97 Å². The Labute approximate surface area is 132 Å². The third-order valence-corrected chi connectivity index (χ3v) is 3.32. The van der Waals surface area contributed by atoms with Gasteiger partial charge in [0.15, 0.2) is 0 Å². The second-order valence-corrected chi connectivity index (χ2v) is 5.26. The Kier molecular flexibility index (Phi) is 6.94. The molecule has 2 N–H and O–H groups in total. The Hall–Kier alpha value is -1.82. The zero-order valence-electron chi connectivity index (χ0n) is 12.1. The van der Waals surface area contributed by atoms with E-state index in [0.717, 1.165) is 21.8 Å². The summed E-state index contributed by atoms with van der Waals surface area (Å²) >= 11 is 3.40. The van der Waals surface area contributed by atoms with Crippen molar-refractivity contribution >= 4 is 39.6 Å². The fourth-order valence-electron chi connectivity index (χ4n) is 1.89. The minimum Gasteiger partial charge on any atom is -0.478 e. The molecule has 5 nitrogen and oxygen atoms in total. The van der Waals surface area contributed by atoms with E-state index in [-0.39, 0.29) is 12.5 Å². The maximum atomic E-state index is 11.8. The van der Waals surface area contributed by atoms with Crippen LogP contribution < -0.4 is 10.2 Å². The summed E-state index contributed by atoms with van der Waals surface area (Å²) in [6, 6.07) is 5.54. The standard InChI is InChI=1S/C15H19BrN2O3/c1-3-17-14(19)10-18(4-2)13-9-12(16)7-5-11(13)6-8-15(20)21/h5-9H,3-4,10H2,1-2H3,(H,17,19)(H,20,21). The highest BCUT2D eigenvalue weighted by Gasteiger charge is 2.13. The van der Waals surface area contributed by atoms with E-state index in [0.29, 0.717) is 13.1 Å². The molecule has 0 aliphatic heterocycles. The van der Waals surface area contributed by atoms with Gasteiger partial charge in [-0.15, -0.1) is 0 Å². The van der Waals surface area contributed by atoms with Crippen LogP contribution in [0.25, 0.3) is 6.08 Å². The van der Waals surface area contributed by atoms with Crippen molar-refractivity contribution in [2.45, 2.75) is 13.8 Å². The molecule has 0 spiro atoms. The average Bonchev–Trinajstić information content (AvgIpc) is 2.43. The predicted molar refractivity (Wildman–Crippen MR) is 87.4 cm³/mol. The molecule has 0 radical (unpaired) electrons. The van der Waals surface area contributed by atoms with Gasteiger partial charge in [0.1, 0.15) is 0 Å². The van der Waals surface area contributed by atoms with Gasteiger partial charge in [-0.2, -0.15) is 0 Å². The molecule has 1 aromatic carbocycles. The Morgan fingerprint density at radius 3 is 2.67 bits per heavy atom. The highest BCUT2D eigenvalue weighted by atomic mass is 79.9. The monoisotopic (exact) mass is 354 g/mol. The number of carbonyl (C=O) groups is 2. The van der Waals surface area contributed by atoms with Gasteiger partial charge in [0.2, 0.25) is 5.91 Å². The number of amides is 1. The Balaban J connectivity index is 3.08. The lowest BCUT2D eigenvalue weighted by Gasteiger charge is -2.24. The summed E-state index contributed by atoms with van der Waals surface area (Å²) in [4.78, 5) is 24.4. The van der Waals surface area contributed by atoms with Gasteiger partial charge in [0, 0.05) is 29.3 Å². The van der Waals surface area contributed by atoms with Crippen LogP contribution in [0.15, 0.2) is 28.7 Å². The molecule has 0 fully saturated rings. The first kappa shape index (κ1) is 17.2. The normalized spacial score (nSPS) is 10.6. The summed E-state index contributed by atoms with van der Waals surface area (Å²) in [6.45, 7) is 5.27. The smallest absolute Gasteiger partial charge is 0.328 e. The molecule has 0 bridgehead atoms. The van der Waals surface area contributed by atoms with Crippen LogP contribution in [0.3, 0.4) is 0 Å². The van der Waals surface area contributed by atoms with Crippen molar-refractivity contribution in [2.75, 3.05) is 24.5 Å². The molecule has 6 heteroatoms. The summed E-state index contributed by atoms with van der Waals surface area (Å²) < 4.78 is 0.874. The number of nitrogens with zero attached hydrogens (tertiary/aromatic N) is 1. The number of benzene rings is 1. The van der Waals surface area contributed by atoms with E-state index in [9.17, 15) is 9.59 Å². The van der Waals surface area contributed by atoms with Gasteiger partial charge in [0.25, 0.3) is 0 Å². The fourth-order valence-corrected chi connectivity index (χ4v) is 2.24. The topological polar surface area (TPSA) is 69.6 Å². The average molecular weight is 355 g/mol. The van der Waals surface area contributed by atoms with Crippen molar-refractivity contribution < 1.29 is 14.7 Å². The van der Waals surface area contributed by atoms with Gasteiger partial charge in [-0.3, -0.25) is 4.79 Å². The van der Waals surface area contributed by atoms with Crippen LogP contribution in [0, 0.1) is 0 Å². The number of nitrogens with one attached hydrogen (secondary N) is 1. The quantitative estimate of drug-likeness (QED) is 0.738. The number of carbonyl (C=O) groups excluding carboxylic acids is 1. The first-order valence-corrected chi connectivity index (χ1v) is 7.49. The molecular weight excluding hydrogens is 336 g/mol. The second-order valence-electron chi connectivity index (χ2n) is 4.34. The highest BCUT2D eigenvalue weighted by Crippen LogP contribution is 2.26. The largest absolute Gasteiger partial charge is 0.478 e. The number of hydrogen-bond donors (Lipinski definition) is 2. The number of hydrogen-bond acceptors (Lipinski definition) is 3. The third kappa shape index (κ3) is 5.59. The first-order valence-electron chi connectivity index (χ1n) is 6.70. The summed E-state index contributed by atoms with van der Waals surface area (Å²) in [6.07, 6.45) is 2.62. The molecular formula is C15H19BrN2O3. The number of carboxylic acids is 1. The summed E-state index contributed by atoms with van der Waals surface area (Å²) in [7, 11) is 0. The van der Waals surface area contributed by atoms with Gasteiger partial charge in [0.05, 0.1) is 6.54 Å². The van der Waals surface area contributed by atoms with Gasteiger partial charge in [-0.1, -0.05) is 22.0 Å². The van der Waals surface area contributed by atoms with Crippen LogP contribution in [0.5, 0.6) is 0 Å². The molecule has 0 aliphatic rings. The molecule has 0 unspecified atom stereocenters. The van der Waals surface area contributed by atoms with Crippen LogP contribution >= 0.6 is 15.9 Å².